The molecule has 0 aliphatic heterocycles. The third kappa shape index (κ3) is 8.60. The van der Waals surface area contributed by atoms with E-state index < -0.39 is 44.6 Å². The van der Waals surface area contributed by atoms with Crippen LogP contribution >= 0.6 is 7.82 Å². The number of hydrogen-bond donors (Lipinski definition) is 6. The Kier molecular flexibility index (Phi) is 9.43. The molecule has 21 heavy (non-hydrogen) atoms. The van der Waals surface area contributed by atoms with Gasteiger partial charge in [-0.3, -0.25) is 9.32 Å². The summed E-state index contributed by atoms with van der Waals surface area (Å²) in [6.07, 6.45) is -2.91. The van der Waals surface area contributed by atoms with Crippen LogP contribution in [0.1, 0.15) is 32.6 Å². The smallest absolute Gasteiger partial charge is 0.388 e. The third-order valence-corrected chi connectivity index (χ3v) is 3.41. The van der Waals surface area contributed by atoms with Crippen molar-refractivity contribution in [2.75, 3.05) is 6.61 Å². The Morgan fingerprint density at radius 3 is 2.24 bits per heavy atom. The summed E-state index contributed by atoms with van der Waals surface area (Å²) >= 11 is 0. The van der Waals surface area contributed by atoms with Gasteiger partial charge in [0.05, 0.1) is 12.6 Å². The summed E-state index contributed by atoms with van der Waals surface area (Å²) < 4.78 is 14.5. The van der Waals surface area contributed by atoms with Gasteiger partial charge in [-0.05, 0) is 6.42 Å². The van der Waals surface area contributed by atoms with Gasteiger partial charge in [-0.2, -0.15) is 0 Å². The van der Waals surface area contributed by atoms with Crippen molar-refractivity contribution in [3.05, 3.63) is 0 Å². The molecule has 0 unspecified atom stereocenters. The Morgan fingerprint density at radius 2 is 1.76 bits per heavy atom. The fraction of sp³-hybridized carbons (Fsp3) is 0.909. The van der Waals surface area contributed by atoms with Gasteiger partial charge in [0.2, 0.25) is 0 Å². The Hall–Kier alpha value is -0.380. The van der Waals surface area contributed by atoms with Crippen molar-refractivity contribution < 1.29 is 39.0 Å². The van der Waals surface area contributed by atoms with Gasteiger partial charge in [0.15, 0.2) is 5.78 Å². The number of aliphatic hydroxyl groups is 3. The number of nitrogens with two attached hydrogens (primary N) is 1. The summed E-state index contributed by atoms with van der Waals surface area (Å²) in [5.74, 6) is -0.460. The van der Waals surface area contributed by atoms with Gasteiger partial charge in [0, 0.05) is 6.42 Å². The van der Waals surface area contributed by atoms with E-state index >= 15 is 0 Å². The Labute approximate surface area is 123 Å². The quantitative estimate of drug-likeness (QED) is 0.198. The summed E-state index contributed by atoms with van der Waals surface area (Å²) in [6.45, 7) is 1.06. The van der Waals surface area contributed by atoms with Gasteiger partial charge < -0.3 is 30.8 Å². The van der Waals surface area contributed by atoms with Crippen molar-refractivity contribution in [3.63, 3.8) is 0 Å². The number of rotatable bonds is 11. The molecule has 0 rings (SSSR count). The Balaban J connectivity index is 4.36. The lowest BCUT2D eigenvalue weighted by atomic mass is 9.96. The molecule has 126 valence electrons. The second kappa shape index (κ2) is 9.60. The summed E-state index contributed by atoms with van der Waals surface area (Å²) in [5, 5.41) is 28.8. The van der Waals surface area contributed by atoms with Crippen molar-refractivity contribution in [1.82, 2.24) is 0 Å². The number of carbonyl (C=O) groups is 1. The minimum absolute atomic E-state index is 0.147. The average molecular weight is 329 g/mol. The van der Waals surface area contributed by atoms with Crippen LogP contribution in [0.5, 0.6) is 0 Å². The van der Waals surface area contributed by atoms with E-state index in [1.165, 1.54) is 0 Å². The Bertz CT molecular complexity index is 360. The van der Waals surface area contributed by atoms with E-state index in [0.717, 1.165) is 12.8 Å². The lowest BCUT2D eigenvalue weighted by molar-refractivity contribution is -0.129. The predicted octanol–water partition coefficient (Wildman–Crippen LogP) is -1.34. The van der Waals surface area contributed by atoms with E-state index in [4.69, 9.17) is 15.5 Å². The number of hydrogen-bond acceptors (Lipinski definition) is 7. The van der Waals surface area contributed by atoms with Gasteiger partial charge in [-0.25, -0.2) is 4.57 Å². The minimum atomic E-state index is -4.80. The molecule has 0 aromatic carbocycles. The largest absolute Gasteiger partial charge is 0.469 e. The number of phosphoric ester groups is 1. The van der Waals surface area contributed by atoms with Gasteiger partial charge in [-0.15, -0.1) is 0 Å². The summed E-state index contributed by atoms with van der Waals surface area (Å²) in [7, 11) is -4.80. The molecule has 0 saturated heterocycles. The molecule has 0 spiro atoms. The Morgan fingerprint density at radius 1 is 1.19 bits per heavy atom. The highest BCUT2D eigenvalue weighted by atomic mass is 31.2. The number of unbranched alkanes of at least 4 members (excludes halogenated alkanes) is 2. The molecule has 9 nitrogen and oxygen atoms in total. The maximum absolute atomic E-state index is 11.7. The van der Waals surface area contributed by atoms with Gasteiger partial charge >= 0.3 is 7.82 Å². The molecule has 10 heteroatoms. The standard InChI is InChI=1S/C11H24NO8P/c1-2-3-4-5-7(13)9(12)11(16)10(15)8(14)6-20-21(17,18)19/h8-11,14-16H,2-6,12H2,1H3,(H2,17,18,19)/t8-,9+,10-,11-/m1/s1. The highest BCUT2D eigenvalue weighted by Crippen LogP contribution is 2.35. The highest BCUT2D eigenvalue weighted by Gasteiger charge is 2.33. The van der Waals surface area contributed by atoms with Crippen molar-refractivity contribution >= 4 is 13.6 Å². The fourth-order valence-electron chi connectivity index (χ4n) is 1.62. The topological polar surface area (TPSA) is 171 Å². The van der Waals surface area contributed by atoms with E-state index in [1.807, 2.05) is 6.92 Å². The normalized spacial score (nSPS) is 18.0. The molecule has 0 bridgehead atoms. The van der Waals surface area contributed by atoms with Gasteiger partial charge in [0.25, 0.3) is 0 Å². The molecule has 0 amide bonds. The molecule has 0 aliphatic carbocycles. The lowest BCUT2D eigenvalue weighted by Gasteiger charge is -2.26. The molecule has 0 radical (unpaired) electrons. The van der Waals surface area contributed by atoms with Crippen LogP contribution in [0.15, 0.2) is 0 Å². The van der Waals surface area contributed by atoms with Crippen LogP contribution in [0.25, 0.3) is 0 Å². The van der Waals surface area contributed by atoms with Crippen LogP contribution in [0, 0.1) is 0 Å². The van der Waals surface area contributed by atoms with Gasteiger partial charge in [0.1, 0.15) is 18.3 Å². The maximum Gasteiger partial charge on any atom is 0.469 e. The second-order valence-electron chi connectivity index (χ2n) is 4.78. The van der Waals surface area contributed by atoms with Gasteiger partial charge in [-0.1, -0.05) is 19.8 Å². The highest BCUT2D eigenvalue weighted by molar-refractivity contribution is 7.46. The van der Waals surface area contributed by atoms with Crippen molar-refractivity contribution in [2.24, 2.45) is 5.73 Å². The van der Waals surface area contributed by atoms with E-state index in [1.54, 1.807) is 0 Å². The van der Waals surface area contributed by atoms with Crippen LogP contribution in [0.2, 0.25) is 0 Å². The SMILES string of the molecule is CCCCCC(=O)[C@H](N)[C@@H](O)[C@H](O)[C@H](O)COP(=O)(O)O. The molecule has 0 fully saturated rings. The molecule has 7 N–H and O–H groups in total. The number of ketones is 1. The van der Waals surface area contributed by atoms with Crippen LogP contribution in [-0.2, 0) is 13.9 Å². The molecule has 0 heterocycles. The predicted molar refractivity (Wildman–Crippen MR) is 73.1 cm³/mol. The zero-order valence-corrected chi connectivity index (χ0v) is 12.7. The van der Waals surface area contributed by atoms with E-state index in [0.29, 0.717) is 6.42 Å². The van der Waals surface area contributed by atoms with E-state index in [2.05, 4.69) is 4.52 Å². The first-order valence-electron chi connectivity index (χ1n) is 6.62. The first kappa shape index (κ1) is 20.6. The average Bonchev–Trinajstić information content (AvgIpc) is 2.41. The number of phosphoric acid groups is 1. The first-order valence-corrected chi connectivity index (χ1v) is 8.15. The van der Waals surface area contributed by atoms with Crippen LogP contribution in [0.4, 0.5) is 0 Å². The molecule has 4 atom stereocenters. The number of carbonyl (C=O) groups excluding carboxylic acids is 1. The van der Waals surface area contributed by atoms with Crippen LogP contribution in [-0.4, -0.2) is 61.9 Å². The molecular weight excluding hydrogens is 305 g/mol. The fourth-order valence-corrected chi connectivity index (χ4v) is 1.97. The molecule has 0 aromatic rings. The lowest BCUT2D eigenvalue weighted by Crippen LogP contribution is -2.52. The molecule has 0 aromatic heterocycles. The number of aliphatic hydroxyl groups excluding tert-OH is 3. The maximum atomic E-state index is 11.7. The molecular formula is C11H24NO8P. The summed E-state index contributed by atoms with van der Waals surface area (Å²) in [5.41, 5.74) is 5.50. The first-order chi connectivity index (χ1) is 9.60. The monoisotopic (exact) mass is 329 g/mol. The van der Waals surface area contributed by atoms with Crippen LogP contribution < -0.4 is 5.73 Å². The van der Waals surface area contributed by atoms with Crippen molar-refractivity contribution in [3.8, 4) is 0 Å². The summed E-state index contributed by atoms with van der Waals surface area (Å²) in [6, 6.07) is -1.39. The van der Waals surface area contributed by atoms with E-state index in [-0.39, 0.29) is 6.42 Å². The van der Waals surface area contributed by atoms with Crippen LogP contribution in [0.3, 0.4) is 0 Å². The summed E-state index contributed by atoms with van der Waals surface area (Å²) in [4.78, 5) is 28.6. The van der Waals surface area contributed by atoms with Crippen molar-refractivity contribution in [2.45, 2.75) is 57.0 Å². The molecule has 0 aliphatic rings. The zero-order valence-electron chi connectivity index (χ0n) is 11.8. The second-order valence-corrected chi connectivity index (χ2v) is 6.02. The van der Waals surface area contributed by atoms with E-state index in [9.17, 15) is 24.7 Å². The zero-order chi connectivity index (χ0) is 16.6. The third-order valence-electron chi connectivity index (χ3n) is 2.92. The minimum Gasteiger partial charge on any atom is -0.388 e. The molecule has 0 saturated carbocycles. The van der Waals surface area contributed by atoms with Crippen molar-refractivity contribution in [1.29, 1.82) is 0 Å². The number of Topliss-reactive ketones (excluding diaryl/α,β-unsaturated/α-hetero) is 1.